The Morgan fingerprint density at radius 1 is 1.38 bits per heavy atom. The Kier molecular flexibility index (Phi) is 2.05. The van der Waals surface area contributed by atoms with Gasteiger partial charge in [0.15, 0.2) is 0 Å². The summed E-state index contributed by atoms with van der Waals surface area (Å²) >= 11 is 0. The summed E-state index contributed by atoms with van der Waals surface area (Å²) < 4.78 is 6.61. The summed E-state index contributed by atoms with van der Waals surface area (Å²) in [4.78, 5) is 26.8. The Balaban J connectivity index is 1.92. The van der Waals surface area contributed by atoms with E-state index in [1.165, 1.54) is 0 Å². The van der Waals surface area contributed by atoms with E-state index >= 15 is 0 Å². The summed E-state index contributed by atoms with van der Waals surface area (Å²) in [6.07, 6.45) is 5.27. The average molecular weight is 220 g/mol. The highest BCUT2D eigenvalue weighted by molar-refractivity contribution is 5.97. The van der Waals surface area contributed by atoms with E-state index in [0.717, 1.165) is 31.6 Å². The minimum absolute atomic E-state index is 0.134. The molecule has 16 heavy (non-hydrogen) atoms. The second-order valence-electron chi connectivity index (χ2n) is 4.28. The van der Waals surface area contributed by atoms with Gasteiger partial charge < -0.3 is 9.30 Å². The zero-order chi connectivity index (χ0) is 11.1. The summed E-state index contributed by atoms with van der Waals surface area (Å²) in [7, 11) is 0. The molecular weight excluding hydrogens is 208 g/mol. The second kappa shape index (κ2) is 3.43. The van der Waals surface area contributed by atoms with E-state index in [0.29, 0.717) is 5.69 Å². The Morgan fingerprint density at radius 2 is 2.25 bits per heavy atom. The van der Waals surface area contributed by atoms with Crippen LogP contribution in [0.15, 0.2) is 6.20 Å². The molecule has 1 saturated heterocycles. The molecule has 0 radical (unpaired) electrons. The summed E-state index contributed by atoms with van der Waals surface area (Å²) in [6, 6.07) is 0. The lowest BCUT2D eigenvalue weighted by Gasteiger charge is -2.11. The lowest BCUT2D eigenvalue weighted by Crippen LogP contribution is -2.08. The number of cyclic esters (lactones) is 2. The molecule has 0 amide bonds. The van der Waals surface area contributed by atoms with Crippen molar-refractivity contribution in [3.05, 3.63) is 17.7 Å². The first kappa shape index (κ1) is 9.57. The zero-order valence-corrected chi connectivity index (χ0v) is 8.81. The van der Waals surface area contributed by atoms with Gasteiger partial charge in [-0.25, -0.2) is 4.98 Å². The lowest BCUT2D eigenvalue weighted by molar-refractivity contribution is -0.152. The standard InChI is InChI=1S/C11H12N2O3/c14-10-5-7(11(15)16-10)8-6-13-4-2-1-3-9(13)12-8/h6-7H,1-5H2. The Bertz CT molecular complexity index is 440. The molecule has 0 spiro atoms. The summed E-state index contributed by atoms with van der Waals surface area (Å²) in [5.74, 6) is -0.361. The van der Waals surface area contributed by atoms with E-state index in [1.807, 2.05) is 6.20 Å². The molecule has 5 nitrogen and oxygen atoms in total. The van der Waals surface area contributed by atoms with Crippen LogP contribution in [0.3, 0.4) is 0 Å². The normalized spacial score (nSPS) is 24.4. The number of rotatable bonds is 1. The SMILES string of the molecule is O=C1CC(c2cn3c(n2)CCCC3)C(=O)O1. The Hall–Kier alpha value is -1.65. The highest BCUT2D eigenvalue weighted by Crippen LogP contribution is 2.28. The highest BCUT2D eigenvalue weighted by atomic mass is 16.6. The number of ether oxygens (including phenoxy) is 1. The molecule has 0 N–H and O–H groups in total. The number of fused-ring (bicyclic) bond motifs is 1. The summed E-state index contributed by atoms with van der Waals surface area (Å²) in [5, 5.41) is 0. The van der Waals surface area contributed by atoms with Crippen molar-refractivity contribution >= 4 is 11.9 Å². The van der Waals surface area contributed by atoms with Crippen LogP contribution in [0.5, 0.6) is 0 Å². The molecule has 2 aliphatic rings. The van der Waals surface area contributed by atoms with Crippen molar-refractivity contribution in [3.8, 4) is 0 Å². The third-order valence-electron chi connectivity index (χ3n) is 3.15. The lowest BCUT2D eigenvalue weighted by atomic mass is 10.1. The van der Waals surface area contributed by atoms with Gasteiger partial charge in [0.1, 0.15) is 11.7 Å². The van der Waals surface area contributed by atoms with Crippen LogP contribution >= 0.6 is 0 Å². The van der Waals surface area contributed by atoms with Gasteiger partial charge in [0, 0.05) is 19.2 Å². The molecule has 0 bridgehead atoms. The van der Waals surface area contributed by atoms with Crippen LogP contribution in [0, 0.1) is 0 Å². The molecule has 2 aliphatic heterocycles. The zero-order valence-electron chi connectivity index (χ0n) is 8.81. The van der Waals surface area contributed by atoms with E-state index in [1.54, 1.807) is 0 Å². The minimum Gasteiger partial charge on any atom is -0.393 e. The van der Waals surface area contributed by atoms with E-state index in [2.05, 4.69) is 14.3 Å². The first-order valence-electron chi connectivity index (χ1n) is 5.54. The van der Waals surface area contributed by atoms with Gasteiger partial charge in [-0.3, -0.25) is 9.59 Å². The average Bonchev–Trinajstić information content (AvgIpc) is 2.81. The number of hydrogen-bond acceptors (Lipinski definition) is 4. The Labute approximate surface area is 92.4 Å². The number of nitrogens with zero attached hydrogens (tertiary/aromatic N) is 2. The fourth-order valence-electron chi connectivity index (χ4n) is 2.30. The fraction of sp³-hybridized carbons (Fsp3) is 0.545. The minimum atomic E-state index is -0.481. The van der Waals surface area contributed by atoms with Crippen LogP contribution in [0.4, 0.5) is 0 Å². The van der Waals surface area contributed by atoms with Crippen molar-refractivity contribution in [2.24, 2.45) is 0 Å². The Morgan fingerprint density at radius 3 is 2.94 bits per heavy atom. The number of carbonyl (C=O) groups excluding carboxylic acids is 2. The maximum absolute atomic E-state index is 11.4. The van der Waals surface area contributed by atoms with Gasteiger partial charge in [-0.1, -0.05) is 0 Å². The van der Waals surface area contributed by atoms with Crippen molar-refractivity contribution in [2.45, 2.75) is 38.1 Å². The number of carbonyl (C=O) groups is 2. The predicted molar refractivity (Wildman–Crippen MR) is 53.6 cm³/mol. The molecule has 1 unspecified atom stereocenters. The van der Waals surface area contributed by atoms with E-state index in [-0.39, 0.29) is 6.42 Å². The molecule has 0 saturated carbocycles. The third kappa shape index (κ3) is 1.43. The first-order valence-corrected chi connectivity index (χ1v) is 5.54. The van der Waals surface area contributed by atoms with Crippen LogP contribution in [-0.4, -0.2) is 21.5 Å². The molecule has 0 aliphatic carbocycles. The summed E-state index contributed by atoms with van der Waals surface area (Å²) in [6.45, 7) is 0.956. The molecule has 84 valence electrons. The maximum Gasteiger partial charge on any atom is 0.323 e. The van der Waals surface area contributed by atoms with Gasteiger partial charge >= 0.3 is 11.9 Å². The van der Waals surface area contributed by atoms with E-state index < -0.39 is 17.9 Å². The molecule has 1 fully saturated rings. The second-order valence-corrected chi connectivity index (χ2v) is 4.28. The van der Waals surface area contributed by atoms with Crippen molar-refractivity contribution in [1.29, 1.82) is 0 Å². The number of aromatic nitrogens is 2. The van der Waals surface area contributed by atoms with Crippen LogP contribution in [0.1, 0.15) is 36.7 Å². The van der Waals surface area contributed by atoms with Gasteiger partial charge in [0.25, 0.3) is 0 Å². The number of esters is 2. The van der Waals surface area contributed by atoms with Gasteiger partial charge in [0.2, 0.25) is 0 Å². The van der Waals surface area contributed by atoms with Crippen molar-refractivity contribution < 1.29 is 14.3 Å². The molecular formula is C11H12N2O3. The van der Waals surface area contributed by atoms with Gasteiger partial charge in [-0.05, 0) is 12.8 Å². The molecule has 3 heterocycles. The molecule has 0 aromatic carbocycles. The monoisotopic (exact) mass is 220 g/mol. The van der Waals surface area contributed by atoms with Crippen molar-refractivity contribution in [3.63, 3.8) is 0 Å². The molecule has 5 heteroatoms. The van der Waals surface area contributed by atoms with Crippen molar-refractivity contribution in [1.82, 2.24) is 9.55 Å². The van der Waals surface area contributed by atoms with Gasteiger partial charge in [0.05, 0.1) is 12.1 Å². The van der Waals surface area contributed by atoms with Gasteiger partial charge in [-0.15, -0.1) is 0 Å². The van der Waals surface area contributed by atoms with Gasteiger partial charge in [-0.2, -0.15) is 0 Å². The largest absolute Gasteiger partial charge is 0.393 e. The highest BCUT2D eigenvalue weighted by Gasteiger charge is 2.36. The van der Waals surface area contributed by atoms with Crippen LogP contribution in [-0.2, 0) is 27.3 Å². The number of imidazole rings is 1. The number of hydrogen-bond donors (Lipinski definition) is 0. The van der Waals surface area contributed by atoms with E-state index in [9.17, 15) is 9.59 Å². The van der Waals surface area contributed by atoms with Crippen LogP contribution in [0.2, 0.25) is 0 Å². The first-order chi connectivity index (χ1) is 7.74. The molecule has 1 aromatic rings. The summed E-state index contributed by atoms with van der Waals surface area (Å²) in [5.41, 5.74) is 0.688. The molecule has 1 atom stereocenters. The quantitative estimate of drug-likeness (QED) is 0.518. The molecule has 3 rings (SSSR count). The van der Waals surface area contributed by atoms with Crippen molar-refractivity contribution in [2.75, 3.05) is 0 Å². The third-order valence-corrected chi connectivity index (χ3v) is 3.15. The van der Waals surface area contributed by atoms with E-state index in [4.69, 9.17) is 0 Å². The maximum atomic E-state index is 11.4. The number of aryl methyl sites for hydroxylation is 2. The fourth-order valence-corrected chi connectivity index (χ4v) is 2.30. The predicted octanol–water partition coefficient (Wildman–Crippen LogP) is 0.776. The smallest absolute Gasteiger partial charge is 0.323 e. The topological polar surface area (TPSA) is 61.2 Å². The van der Waals surface area contributed by atoms with Crippen LogP contribution < -0.4 is 0 Å². The van der Waals surface area contributed by atoms with Crippen LogP contribution in [0.25, 0.3) is 0 Å². The molecule has 1 aromatic heterocycles.